The predicted molar refractivity (Wildman–Crippen MR) is 88.9 cm³/mol. The smallest absolute Gasteiger partial charge is 0.341 e. The molecule has 1 unspecified atom stereocenters. The third kappa shape index (κ3) is 5.90. The van der Waals surface area contributed by atoms with Crippen LogP contribution in [-0.2, 0) is 17.5 Å². The summed E-state index contributed by atoms with van der Waals surface area (Å²) in [4.78, 5) is 13.5. The third-order valence-corrected chi connectivity index (χ3v) is 4.71. The highest BCUT2D eigenvalue weighted by atomic mass is 35.5. The Labute approximate surface area is 144 Å². The van der Waals surface area contributed by atoms with Gasteiger partial charge in [0.1, 0.15) is 0 Å². The van der Waals surface area contributed by atoms with Crippen molar-refractivity contribution in [1.82, 2.24) is 10.2 Å². The summed E-state index contributed by atoms with van der Waals surface area (Å²) in [5, 5.41) is 3.26. The summed E-state index contributed by atoms with van der Waals surface area (Å²) in [6, 6.07) is 5.49. The first-order chi connectivity index (χ1) is 10.4. The van der Waals surface area contributed by atoms with Crippen molar-refractivity contribution >= 4 is 30.1 Å². The van der Waals surface area contributed by atoms with E-state index in [9.17, 15) is 18.0 Å². The Bertz CT molecular complexity index is 522. The topological polar surface area (TPSA) is 32.3 Å². The molecule has 0 saturated carbocycles. The summed E-state index contributed by atoms with van der Waals surface area (Å²) < 4.78 is 38.9. The van der Waals surface area contributed by atoms with Gasteiger partial charge in [-0.25, -0.2) is 0 Å². The van der Waals surface area contributed by atoms with E-state index in [0.29, 0.717) is 6.42 Å². The Morgan fingerprint density at radius 3 is 2.70 bits per heavy atom. The number of amides is 1. The standard InChI is InChI=1S/C15H19F3N2OS.ClH/c1-20(14(21)8-12-10-22-7-6-19-12)9-11-4-2-3-5-13(11)15(16,17)18;/h2-5,12,19H,6-10H2,1H3;1H. The molecule has 0 aliphatic carbocycles. The molecule has 0 bridgehead atoms. The van der Waals surface area contributed by atoms with Crippen molar-refractivity contribution in [3.8, 4) is 0 Å². The maximum atomic E-state index is 13.0. The van der Waals surface area contributed by atoms with Crippen LogP contribution < -0.4 is 5.32 Å². The van der Waals surface area contributed by atoms with Gasteiger partial charge in [0, 0.05) is 44.1 Å². The van der Waals surface area contributed by atoms with Crippen LogP contribution in [0.3, 0.4) is 0 Å². The second kappa shape index (κ2) is 8.80. The lowest BCUT2D eigenvalue weighted by Gasteiger charge is -2.26. The minimum atomic E-state index is -4.40. The number of carbonyl (C=O) groups excluding carboxylic acids is 1. The van der Waals surface area contributed by atoms with E-state index in [1.54, 1.807) is 24.9 Å². The van der Waals surface area contributed by atoms with Gasteiger partial charge in [-0.05, 0) is 11.6 Å². The van der Waals surface area contributed by atoms with E-state index in [4.69, 9.17) is 0 Å². The average molecular weight is 369 g/mol. The van der Waals surface area contributed by atoms with Gasteiger partial charge in [-0.1, -0.05) is 18.2 Å². The van der Waals surface area contributed by atoms with E-state index in [2.05, 4.69) is 5.32 Å². The number of nitrogens with one attached hydrogen (secondary N) is 1. The van der Waals surface area contributed by atoms with E-state index in [0.717, 1.165) is 24.1 Å². The van der Waals surface area contributed by atoms with Gasteiger partial charge in [-0.2, -0.15) is 24.9 Å². The van der Waals surface area contributed by atoms with E-state index < -0.39 is 11.7 Å². The first-order valence-corrected chi connectivity index (χ1v) is 8.23. The number of carbonyl (C=O) groups is 1. The van der Waals surface area contributed by atoms with Crippen molar-refractivity contribution < 1.29 is 18.0 Å². The molecule has 1 aromatic rings. The highest BCUT2D eigenvalue weighted by molar-refractivity contribution is 7.99. The van der Waals surface area contributed by atoms with Crippen molar-refractivity contribution in [2.24, 2.45) is 0 Å². The van der Waals surface area contributed by atoms with Crippen LogP contribution in [0.4, 0.5) is 13.2 Å². The van der Waals surface area contributed by atoms with Crippen LogP contribution in [0.25, 0.3) is 0 Å². The lowest BCUT2D eigenvalue weighted by Crippen LogP contribution is -2.41. The molecule has 1 amide bonds. The van der Waals surface area contributed by atoms with Gasteiger partial charge in [-0.15, -0.1) is 12.4 Å². The summed E-state index contributed by atoms with van der Waals surface area (Å²) in [6.45, 7) is 0.831. The average Bonchev–Trinajstić information content (AvgIpc) is 2.47. The molecule has 23 heavy (non-hydrogen) atoms. The van der Waals surface area contributed by atoms with Crippen LogP contribution in [-0.4, -0.2) is 41.9 Å². The lowest BCUT2D eigenvalue weighted by atomic mass is 10.1. The molecule has 1 heterocycles. The summed E-state index contributed by atoms with van der Waals surface area (Å²) in [5.41, 5.74) is -0.558. The molecule has 8 heteroatoms. The zero-order valence-electron chi connectivity index (χ0n) is 12.7. The van der Waals surface area contributed by atoms with Crippen molar-refractivity contribution in [2.75, 3.05) is 25.1 Å². The number of nitrogens with zero attached hydrogens (tertiary/aromatic N) is 1. The predicted octanol–water partition coefficient (Wildman–Crippen LogP) is 3.18. The second-order valence-electron chi connectivity index (χ2n) is 5.33. The Hall–Kier alpha value is -0.920. The molecule has 0 aromatic heterocycles. The highest BCUT2D eigenvalue weighted by Gasteiger charge is 2.33. The van der Waals surface area contributed by atoms with Crippen LogP contribution in [0.15, 0.2) is 24.3 Å². The summed E-state index contributed by atoms with van der Waals surface area (Å²) in [7, 11) is 1.55. The van der Waals surface area contributed by atoms with Crippen LogP contribution in [0.2, 0.25) is 0 Å². The van der Waals surface area contributed by atoms with Gasteiger partial charge in [-0.3, -0.25) is 4.79 Å². The van der Waals surface area contributed by atoms with E-state index in [-0.39, 0.29) is 36.5 Å². The van der Waals surface area contributed by atoms with Crippen LogP contribution in [0.1, 0.15) is 17.5 Å². The largest absolute Gasteiger partial charge is 0.416 e. The van der Waals surface area contributed by atoms with Gasteiger partial charge < -0.3 is 10.2 Å². The first-order valence-electron chi connectivity index (χ1n) is 7.08. The van der Waals surface area contributed by atoms with Gasteiger partial charge in [0.25, 0.3) is 0 Å². The molecular formula is C15H20ClF3N2OS. The van der Waals surface area contributed by atoms with Gasteiger partial charge >= 0.3 is 6.18 Å². The Balaban J connectivity index is 0.00000264. The molecule has 3 nitrogen and oxygen atoms in total. The Morgan fingerprint density at radius 2 is 2.09 bits per heavy atom. The minimum absolute atomic E-state index is 0. The monoisotopic (exact) mass is 368 g/mol. The fourth-order valence-corrected chi connectivity index (χ4v) is 3.34. The van der Waals surface area contributed by atoms with Crippen LogP contribution in [0, 0.1) is 0 Å². The first kappa shape index (κ1) is 20.1. The fourth-order valence-electron chi connectivity index (χ4n) is 2.40. The molecular weight excluding hydrogens is 349 g/mol. The van der Waals surface area contributed by atoms with E-state index in [1.165, 1.54) is 17.0 Å². The summed E-state index contributed by atoms with van der Waals surface area (Å²) in [6.07, 6.45) is -4.08. The molecule has 1 fully saturated rings. The van der Waals surface area contributed by atoms with Crippen molar-refractivity contribution in [2.45, 2.75) is 25.2 Å². The molecule has 0 spiro atoms. The number of halogens is 4. The van der Waals surface area contributed by atoms with Gasteiger partial charge in [0.15, 0.2) is 0 Å². The summed E-state index contributed by atoms with van der Waals surface area (Å²) >= 11 is 1.78. The minimum Gasteiger partial charge on any atom is -0.341 e. The quantitative estimate of drug-likeness (QED) is 0.886. The van der Waals surface area contributed by atoms with Crippen molar-refractivity contribution in [3.05, 3.63) is 35.4 Å². The number of hydrogen-bond donors (Lipinski definition) is 1. The van der Waals surface area contributed by atoms with Crippen LogP contribution >= 0.6 is 24.2 Å². The molecule has 1 N–H and O–H groups in total. The van der Waals surface area contributed by atoms with E-state index >= 15 is 0 Å². The molecule has 2 rings (SSSR count). The second-order valence-corrected chi connectivity index (χ2v) is 6.48. The summed E-state index contributed by atoms with van der Waals surface area (Å²) in [5.74, 6) is 1.75. The third-order valence-electron chi connectivity index (χ3n) is 3.58. The Kier molecular flexibility index (Phi) is 7.70. The molecule has 1 saturated heterocycles. The zero-order valence-corrected chi connectivity index (χ0v) is 14.4. The number of thioether (sulfide) groups is 1. The van der Waals surface area contributed by atoms with Gasteiger partial charge in [0.05, 0.1) is 5.56 Å². The maximum absolute atomic E-state index is 13.0. The maximum Gasteiger partial charge on any atom is 0.416 e. The van der Waals surface area contributed by atoms with Gasteiger partial charge in [0.2, 0.25) is 5.91 Å². The zero-order chi connectivity index (χ0) is 16.2. The Morgan fingerprint density at radius 1 is 1.39 bits per heavy atom. The number of alkyl halides is 3. The molecule has 1 aliphatic heterocycles. The molecule has 1 aliphatic rings. The molecule has 1 aromatic carbocycles. The van der Waals surface area contributed by atoms with E-state index in [1.807, 2.05) is 0 Å². The SMILES string of the molecule is CN(Cc1ccccc1C(F)(F)F)C(=O)CC1CSCCN1.Cl. The molecule has 0 radical (unpaired) electrons. The van der Waals surface area contributed by atoms with Crippen LogP contribution in [0.5, 0.6) is 0 Å². The molecule has 1 atom stereocenters. The number of rotatable bonds is 4. The van der Waals surface area contributed by atoms with Crippen molar-refractivity contribution in [3.63, 3.8) is 0 Å². The normalized spacial score (nSPS) is 18.2. The molecule has 130 valence electrons. The number of hydrogen-bond acceptors (Lipinski definition) is 3. The highest BCUT2D eigenvalue weighted by Crippen LogP contribution is 2.32. The number of benzene rings is 1. The van der Waals surface area contributed by atoms with Crippen molar-refractivity contribution in [1.29, 1.82) is 0 Å². The lowest BCUT2D eigenvalue weighted by molar-refractivity contribution is -0.139. The fraction of sp³-hybridized carbons (Fsp3) is 0.533.